The van der Waals surface area contributed by atoms with Crippen molar-refractivity contribution < 1.29 is 23.9 Å². The van der Waals surface area contributed by atoms with Crippen LogP contribution in [0.1, 0.15) is 50.9 Å². The first-order valence-corrected chi connectivity index (χ1v) is 11.4. The SMILES string of the molecule is COc1ccc(C(=O)N2C(C(=O)NCC(C)C)COC23CCN(C(=O)C(C)C)CC3)cc1. The predicted octanol–water partition coefficient (Wildman–Crippen LogP) is 2.28. The number of piperidine rings is 1. The molecule has 1 unspecified atom stereocenters. The van der Waals surface area contributed by atoms with E-state index in [2.05, 4.69) is 5.32 Å². The number of amides is 3. The Labute approximate surface area is 190 Å². The lowest BCUT2D eigenvalue weighted by atomic mass is 9.95. The molecule has 0 radical (unpaired) electrons. The van der Waals surface area contributed by atoms with E-state index in [0.717, 1.165) is 0 Å². The number of hydrogen-bond donors (Lipinski definition) is 1. The van der Waals surface area contributed by atoms with Crippen molar-refractivity contribution in [1.82, 2.24) is 15.1 Å². The molecule has 0 aromatic heterocycles. The van der Waals surface area contributed by atoms with Crippen LogP contribution in [0, 0.1) is 11.8 Å². The number of hydrogen-bond acceptors (Lipinski definition) is 5. The lowest BCUT2D eigenvalue weighted by molar-refractivity contribution is -0.146. The third-order valence-electron chi connectivity index (χ3n) is 6.15. The molecule has 1 aromatic rings. The van der Waals surface area contributed by atoms with Gasteiger partial charge in [-0.05, 0) is 30.2 Å². The molecule has 2 saturated heterocycles. The van der Waals surface area contributed by atoms with E-state index in [1.165, 1.54) is 0 Å². The van der Waals surface area contributed by atoms with Crippen LogP contribution in [0.4, 0.5) is 0 Å². The summed E-state index contributed by atoms with van der Waals surface area (Å²) >= 11 is 0. The second-order valence-electron chi connectivity index (χ2n) is 9.30. The highest BCUT2D eigenvalue weighted by molar-refractivity contribution is 5.98. The monoisotopic (exact) mass is 445 g/mol. The molecule has 8 heteroatoms. The van der Waals surface area contributed by atoms with E-state index < -0.39 is 11.8 Å². The molecular formula is C24H35N3O5. The zero-order valence-electron chi connectivity index (χ0n) is 19.7. The summed E-state index contributed by atoms with van der Waals surface area (Å²) in [6, 6.07) is 6.15. The molecule has 0 bridgehead atoms. The number of nitrogens with one attached hydrogen (secondary N) is 1. The van der Waals surface area contributed by atoms with Crippen LogP contribution in [0.2, 0.25) is 0 Å². The molecule has 3 amide bonds. The minimum Gasteiger partial charge on any atom is -0.497 e. The van der Waals surface area contributed by atoms with Crippen molar-refractivity contribution in [2.75, 3.05) is 33.4 Å². The molecule has 1 spiro atoms. The van der Waals surface area contributed by atoms with E-state index in [-0.39, 0.29) is 30.2 Å². The summed E-state index contributed by atoms with van der Waals surface area (Å²) < 4.78 is 11.4. The number of nitrogens with zero attached hydrogens (tertiary/aromatic N) is 2. The Bertz CT molecular complexity index is 829. The van der Waals surface area contributed by atoms with Crippen LogP contribution in [0.15, 0.2) is 24.3 Å². The summed E-state index contributed by atoms with van der Waals surface area (Å²) in [5, 5.41) is 2.95. The van der Waals surface area contributed by atoms with Crippen LogP contribution in [0.3, 0.4) is 0 Å². The number of carbonyl (C=O) groups excluding carboxylic acids is 3. The zero-order chi connectivity index (χ0) is 23.5. The number of likely N-dealkylation sites (tertiary alicyclic amines) is 1. The van der Waals surface area contributed by atoms with Gasteiger partial charge < -0.3 is 19.7 Å². The van der Waals surface area contributed by atoms with Crippen LogP contribution < -0.4 is 10.1 Å². The van der Waals surface area contributed by atoms with Crippen LogP contribution in [-0.4, -0.2) is 72.6 Å². The molecular weight excluding hydrogens is 410 g/mol. The maximum atomic E-state index is 13.6. The van der Waals surface area contributed by atoms with Gasteiger partial charge in [-0.3, -0.25) is 19.3 Å². The normalized spacial score (nSPS) is 20.2. The smallest absolute Gasteiger partial charge is 0.256 e. The molecule has 176 valence electrons. The quantitative estimate of drug-likeness (QED) is 0.726. The first kappa shape index (κ1) is 24.0. The van der Waals surface area contributed by atoms with E-state index >= 15 is 0 Å². The lowest BCUT2D eigenvalue weighted by Gasteiger charge is -2.44. The van der Waals surface area contributed by atoms with Gasteiger partial charge in [0.2, 0.25) is 11.8 Å². The van der Waals surface area contributed by atoms with Crippen molar-refractivity contribution in [3.63, 3.8) is 0 Å². The van der Waals surface area contributed by atoms with Crippen LogP contribution in [0.25, 0.3) is 0 Å². The number of benzene rings is 1. The van der Waals surface area contributed by atoms with Crippen molar-refractivity contribution in [3.8, 4) is 5.75 Å². The van der Waals surface area contributed by atoms with Gasteiger partial charge in [-0.2, -0.15) is 0 Å². The molecule has 1 atom stereocenters. The third kappa shape index (κ3) is 4.90. The van der Waals surface area contributed by atoms with Crippen molar-refractivity contribution in [2.24, 2.45) is 11.8 Å². The van der Waals surface area contributed by atoms with E-state index in [0.29, 0.717) is 49.7 Å². The fourth-order valence-corrected chi connectivity index (χ4v) is 4.30. The number of rotatable bonds is 6. The largest absolute Gasteiger partial charge is 0.497 e. The summed E-state index contributed by atoms with van der Waals surface area (Å²) in [6.45, 7) is 9.46. The maximum absolute atomic E-state index is 13.6. The molecule has 2 fully saturated rings. The Morgan fingerprint density at radius 2 is 1.75 bits per heavy atom. The Hall–Kier alpha value is -2.61. The second kappa shape index (κ2) is 9.90. The van der Waals surface area contributed by atoms with Crippen molar-refractivity contribution in [1.29, 1.82) is 0 Å². The fourth-order valence-electron chi connectivity index (χ4n) is 4.30. The van der Waals surface area contributed by atoms with Crippen molar-refractivity contribution in [3.05, 3.63) is 29.8 Å². The molecule has 2 heterocycles. The summed E-state index contributed by atoms with van der Waals surface area (Å²) in [5.41, 5.74) is -0.428. The highest BCUT2D eigenvalue weighted by atomic mass is 16.5. The summed E-state index contributed by atoms with van der Waals surface area (Å²) in [7, 11) is 1.57. The molecule has 1 N–H and O–H groups in total. The van der Waals surface area contributed by atoms with Gasteiger partial charge >= 0.3 is 0 Å². The molecule has 2 aliphatic heterocycles. The highest BCUT2D eigenvalue weighted by Crippen LogP contribution is 2.39. The minimum absolute atomic E-state index is 0.0832. The summed E-state index contributed by atoms with van der Waals surface area (Å²) in [4.78, 5) is 42.5. The lowest BCUT2D eigenvalue weighted by Crippen LogP contribution is -2.60. The van der Waals surface area contributed by atoms with E-state index in [1.807, 2.05) is 32.6 Å². The van der Waals surface area contributed by atoms with E-state index in [9.17, 15) is 14.4 Å². The highest BCUT2D eigenvalue weighted by Gasteiger charge is 2.54. The van der Waals surface area contributed by atoms with Crippen LogP contribution >= 0.6 is 0 Å². The number of methoxy groups -OCH3 is 1. The molecule has 8 nitrogen and oxygen atoms in total. The standard InChI is InChI=1S/C24H35N3O5/c1-16(2)14-25-21(28)20-15-32-24(10-12-26(13-11-24)22(29)17(3)4)27(20)23(30)18-6-8-19(31-5)9-7-18/h6-9,16-17,20H,10-15H2,1-5H3,(H,25,28). The summed E-state index contributed by atoms with van der Waals surface area (Å²) in [5.74, 6) is 0.501. The predicted molar refractivity (Wildman–Crippen MR) is 120 cm³/mol. The first-order chi connectivity index (χ1) is 15.2. The Balaban J connectivity index is 1.86. The first-order valence-electron chi connectivity index (χ1n) is 11.4. The average Bonchev–Trinajstić information content (AvgIpc) is 3.15. The molecule has 0 saturated carbocycles. The van der Waals surface area contributed by atoms with Gasteiger partial charge in [-0.25, -0.2) is 0 Å². The number of carbonyl (C=O) groups is 3. The summed E-state index contributed by atoms with van der Waals surface area (Å²) in [6.07, 6.45) is 0.947. The molecule has 2 aliphatic rings. The van der Waals surface area contributed by atoms with Gasteiger partial charge in [-0.1, -0.05) is 27.7 Å². The van der Waals surface area contributed by atoms with E-state index in [4.69, 9.17) is 9.47 Å². The van der Waals surface area contributed by atoms with Crippen molar-refractivity contribution in [2.45, 2.75) is 52.3 Å². The van der Waals surface area contributed by atoms with Gasteiger partial charge in [0.1, 0.15) is 17.5 Å². The van der Waals surface area contributed by atoms with Crippen LogP contribution in [0.5, 0.6) is 5.75 Å². The molecule has 3 rings (SSSR count). The van der Waals surface area contributed by atoms with Gasteiger partial charge in [-0.15, -0.1) is 0 Å². The maximum Gasteiger partial charge on any atom is 0.256 e. The van der Waals surface area contributed by atoms with Gasteiger partial charge in [0, 0.05) is 44.0 Å². The van der Waals surface area contributed by atoms with Gasteiger partial charge in [0.25, 0.3) is 5.91 Å². The molecule has 32 heavy (non-hydrogen) atoms. The molecule has 0 aliphatic carbocycles. The third-order valence-corrected chi connectivity index (χ3v) is 6.15. The average molecular weight is 446 g/mol. The van der Waals surface area contributed by atoms with Crippen LogP contribution in [-0.2, 0) is 14.3 Å². The fraction of sp³-hybridized carbons (Fsp3) is 0.625. The Kier molecular flexibility index (Phi) is 7.44. The van der Waals surface area contributed by atoms with Gasteiger partial charge in [0.15, 0.2) is 0 Å². The number of ether oxygens (including phenoxy) is 2. The molecule has 1 aromatic carbocycles. The van der Waals surface area contributed by atoms with Gasteiger partial charge in [0.05, 0.1) is 13.7 Å². The topological polar surface area (TPSA) is 88.2 Å². The second-order valence-corrected chi connectivity index (χ2v) is 9.30. The van der Waals surface area contributed by atoms with Crippen molar-refractivity contribution >= 4 is 17.7 Å². The van der Waals surface area contributed by atoms with E-state index in [1.54, 1.807) is 36.3 Å². The Morgan fingerprint density at radius 1 is 1.12 bits per heavy atom. The minimum atomic E-state index is -0.898. The zero-order valence-corrected chi connectivity index (χ0v) is 19.7. The Morgan fingerprint density at radius 3 is 2.28 bits per heavy atom.